The molecule has 0 amide bonds. The Balaban J connectivity index is 1.29. The van der Waals surface area contributed by atoms with Gasteiger partial charge in [0, 0.05) is 30.2 Å². The van der Waals surface area contributed by atoms with Crippen molar-refractivity contribution < 1.29 is 34.0 Å². The number of para-hydroxylation sites is 1. The lowest BCUT2D eigenvalue weighted by Crippen LogP contribution is -2.41. The van der Waals surface area contributed by atoms with Crippen molar-refractivity contribution in [3.05, 3.63) is 90.6 Å². The maximum Gasteiger partial charge on any atom is 0.344 e. The van der Waals surface area contributed by atoms with Gasteiger partial charge >= 0.3 is 5.97 Å². The predicted molar refractivity (Wildman–Crippen MR) is 151 cm³/mol. The summed E-state index contributed by atoms with van der Waals surface area (Å²) in [6, 6.07) is 23.9. The number of ether oxygens (including phenoxy) is 4. The number of nitrogens with one attached hydrogen (secondary N) is 1. The van der Waals surface area contributed by atoms with Gasteiger partial charge in [0.2, 0.25) is 0 Å². The number of benzene rings is 3. The minimum atomic E-state index is -0.708. The van der Waals surface area contributed by atoms with Crippen LogP contribution in [0.25, 0.3) is 10.9 Å². The van der Waals surface area contributed by atoms with Gasteiger partial charge in [-0.3, -0.25) is 4.98 Å². The number of pyridine rings is 1. The molecule has 0 bridgehead atoms. The third kappa shape index (κ3) is 8.67. The van der Waals surface area contributed by atoms with E-state index >= 15 is 0 Å². The second-order valence-electron chi connectivity index (χ2n) is 9.10. The molecular weight excluding hydrogens is 512 g/mol. The number of aliphatic hydroxyl groups excluding tert-OH is 2. The molecule has 210 valence electrons. The predicted octanol–water partition coefficient (Wildman–Crippen LogP) is 3.90. The fraction of sp³-hybridized carbons (Fsp3) is 0.290. The van der Waals surface area contributed by atoms with Crippen LogP contribution in [-0.4, -0.2) is 66.3 Å². The number of aromatic nitrogens is 1. The molecular formula is C31H34N2O7. The van der Waals surface area contributed by atoms with E-state index in [4.69, 9.17) is 18.9 Å². The lowest BCUT2D eigenvalue weighted by Gasteiger charge is -2.19. The van der Waals surface area contributed by atoms with Crippen LogP contribution in [0, 0.1) is 0 Å². The molecule has 0 aliphatic heterocycles. The Morgan fingerprint density at radius 3 is 2.48 bits per heavy atom. The minimum Gasteiger partial charge on any atom is -0.491 e. The fourth-order valence-corrected chi connectivity index (χ4v) is 4.00. The first-order chi connectivity index (χ1) is 19.5. The molecule has 0 aliphatic carbocycles. The first-order valence-electron chi connectivity index (χ1n) is 13.2. The van der Waals surface area contributed by atoms with Gasteiger partial charge in [-0.15, -0.1) is 0 Å². The SMILES string of the molecule is CCOC(=O)COc1ccc2c(Oc3ccc(C[C@@H](CO)NC[C@H](O)COc4ccccc4)cc3)ccnc2c1. The Kier molecular flexibility index (Phi) is 10.7. The summed E-state index contributed by atoms with van der Waals surface area (Å²) in [6.45, 7) is 2.26. The van der Waals surface area contributed by atoms with E-state index in [1.807, 2.05) is 60.7 Å². The van der Waals surface area contributed by atoms with Crippen molar-refractivity contribution in [2.75, 3.05) is 33.0 Å². The first-order valence-corrected chi connectivity index (χ1v) is 13.2. The van der Waals surface area contributed by atoms with Crippen LogP contribution in [0.15, 0.2) is 85.1 Å². The van der Waals surface area contributed by atoms with Crippen LogP contribution in [0.2, 0.25) is 0 Å². The number of rotatable bonds is 15. The highest BCUT2D eigenvalue weighted by molar-refractivity contribution is 5.86. The second-order valence-corrected chi connectivity index (χ2v) is 9.10. The number of esters is 1. The molecule has 40 heavy (non-hydrogen) atoms. The van der Waals surface area contributed by atoms with Crippen LogP contribution in [0.1, 0.15) is 12.5 Å². The molecule has 0 aliphatic rings. The van der Waals surface area contributed by atoms with Crippen LogP contribution in [0.5, 0.6) is 23.0 Å². The van der Waals surface area contributed by atoms with Crippen molar-refractivity contribution in [2.24, 2.45) is 0 Å². The summed E-state index contributed by atoms with van der Waals surface area (Å²) in [7, 11) is 0. The van der Waals surface area contributed by atoms with Crippen molar-refractivity contribution in [1.29, 1.82) is 0 Å². The monoisotopic (exact) mass is 546 g/mol. The van der Waals surface area contributed by atoms with Gasteiger partial charge in [-0.05, 0) is 61.4 Å². The third-order valence-corrected chi connectivity index (χ3v) is 6.02. The van der Waals surface area contributed by atoms with Gasteiger partial charge in [-0.25, -0.2) is 4.79 Å². The van der Waals surface area contributed by atoms with Crippen LogP contribution < -0.4 is 19.5 Å². The average Bonchev–Trinajstić information content (AvgIpc) is 2.98. The summed E-state index contributed by atoms with van der Waals surface area (Å²) in [5.41, 5.74) is 1.68. The van der Waals surface area contributed by atoms with Crippen LogP contribution >= 0.6 is 0 Å². The van der Waals surface area contributed by atoms with E-state index in [0.717, 1.165) is 10.9 Å². The van der Waals surface area contributed by atoms with E-state index in [9.17, 15) is 15.0 Å². The molecule has 2 atom stereocenters. The van der Waals surface area contributed by atoms with Crippen molar-refractivity contribution in [3.8, 4) is 23.0 Å². The maximum absolute atomic E-state index is 11.6. The summed E-state index contributed by atoms with van der Waals surface area (Å²) in [4.78, 5) is 15.9. The van der Waals surface area contributed by atoms with Gasteiger partial charge in [-0.1, -0.05) is 30.3 Å². The number of carbonyl (C=O) groups excluding carboxylic acids is 1. The van der Waals surface area contributed by atoms with Crippen LogP contribution in [0.4, 0.5) is 0 Å². The van der Waals surface area contributed by atoms with Gasteiger partial charge in [0.25, 0.3) is 0 Å². The summed E-state index contributed by atoms with van der Waals surface area (Å²) < 4.78 is 22.1. The minimum absolute atomic E-state index is 0.0704. The number of aliphatic hydroxyl groups is 2. The number of fused-ring (bicyclic) bond motifs is 1. The van der Waals surface area contributed by atoms with E-state index in [2.05, 4.69) is 10.3 Å². The van der Waals surface area contributed by atoms with Gasteiger partial charge in [0.15, 0.2) is 6.61 Å². The normalized spacial score (nSPS) is 12.5. The Hall–Kier alpha value is -4.18. The van der Waals surface area contributed by atoms with E-state index in [1.54, 1.807) is 31.3 Å². The molecule has 1 aromatic heterocycles. The van der Waals surface area contributed by atoms with E-state index in [0.29, 0.717) is 48.1 Å². The van der Waals surface area contributed by atoms with E-state index in [1.165, 1.54) is 0 Å². The Bertz CT molecular complexity index is 1350. The summed E-state index contributed by atoms with van der Waals surface area (Å²) >= 11 is 0. The molecule has 0 saturated heterocycles. The largest absolute Gasteiger partial charge is 0.491 e. The molecule has 1 heterocycles. The number of carbonyl (C=O) groups is 1. The maximum atomic E-state index is 11.6. The van der Waals surface area contributed by atoms with Crippen molar-refractivity contribution in [2.45, 2.75) is 25.5 Å². The van der Waals surface area contributed by atoms with Gasteiger partial charge in [0.1, 0.15) is 35.7 Å². The Labute approximate surface area is 233 Å². The molecule has 0 fully saturated rings. The number of hydrogen-bond acceptors (Lipinski definition) is 9. The first kappa shape index (κ1) is 28.8. The fourth-order valence-electron chi connectivity index (χ4n) is 4.00. The molecule has 0 unspecified atom stereocenters. The van der Waals surface area contributed by atoms with Crippen molar-refractivity contribution >= 4 is 16.9 Å². The van der Waals surface area contributed by atoms with Crippen molar-refractivity contribution in [1.82, 2.24) is 10.3 Å². The molecule has 0 saturated carbocycles. The molecule has 9 nitrogen and oxygen atoms in total. The highest BCUT2D eigenvalue weighted by Crippen LogP contribution is 2.31. The zero-order valence-corrected chi connectivity index (χ0v) is 22.4. The standard InChI is InChI=1S/C31H34N2O7/c1-2-37-31(36)21-39-27-12-13-28-29(17-27)32-15-14-30(28)40-26-10-8-22(9-11-26)16-23(19-34)33-18-24(35)20-38-25-6-4-3-5-7-25/h3-15,17,23-24,33-35H,2,16,18-21H2,1H3/t23-,24-/m0/s1. The molecule has 4 rings (SSSR count). The van der Waals surface area contributed by atoms with E-state index < -0.39 is 12.1 Å². The summed E-state index contributed by atoms with van der Waals surface area (Å²) in [5, 5.41) is 24.1. The zero-order chi connectivity index (χ0) is 28.2. The molecule has 0 radical (unpaired) electrons. The van der Waals surface area contributed by atoms with Crippen LogP contribution in [-0.2, 0) is 16.0 Å². The third-order valence-electron chi connectivity index (χ3n) is 6.02. The number of hydrogen-bond donors (Lipinski definition) is 3. The lowest BCUT2D eigenvalue weighted by atomic mass is 10.1. The molecule has 4 aromatic rings. The van der Waals surface area contributed by atoms with Gasteiger partial charge < -0.3 is 34.5 Å². The van der Waals surface area contributed by atoms with Gasteiger partial charge in [0.05, 0.1) is 18.7 Å². The quantitative estimate of drug-likeness (QED) is 0.191. The highest BCUT2D eigenvalue weighted by Gasteiger charge is 2.13. The average molecular weight is 547 g/mol. The number of nitrogens with zero attached hydrogens (tertiary/aromatic N) is 1. The van der Waals surface area contributed by atoms with E-state index in [-0.39, 0.29) is 25.9 Å². The molecule has 9 heteroatoms. The molecule has 3 N–H and O–H groups in total. The zero-order valence-electron chi connectivity index (χ0n) is 22.4. The summed E-state index contributed by atoms with van der Waals surface area (Å²) in [6.07, 6.45) is 1.52. The van der Waals surface area contributed by atoms with Crippen LogP contribution in [0.3, 0.4) is 0 Å². The Morgan fingerprint density at radius 1 is 0.950 bits per heavy atom. The molecule has 3 aromatic carbocycles. The van der Waals surface area contributed by atoms with Gasteiger partial charge in [-0.2, -0.15) is 0 Å². The summed E-state index contributed by atoms with van der Waals surface area (Å²) in [5.74, 6) is 2.07. The lowest BCUT2D eigenvalue weighted by molar-refractivity contribution is -0.145. The topological polar surface area (TPSA) is 119 Å². The highest BCUT2D eigenvalue weighted by atomic mass is 16.6. The molecule has 0 spiro atoms. The Morgan fingerprint density at radius 2 is 1.73 bits per heavy atom. The van der Waals surface area contributed by atoms with Crippen molar-refractivity contribution in [3.63, 3.8) is 0 Å². The second kappa shape index (κ2) is 14.8. The smallest absolute Gasteiger partial charge is 0.344 e.